The van der Waals surface area contributed by atoms with Crippen molar-refractivity contribution in [2.24, 2.45) is 0 Å². The van der Waals surface area contributed by atoms with Crippen molar-refractivity contribution >= 4 is 43.3 Å². The smallest absolute Gasteiger partial charge is 0.255 e. The quantitative estimate of drug-likeness (QED) is 0.556. The van der Waals surface area contributed by atoms with Gasteiger partial charge in [0.15, 0.2) is 9.84 Å². The molecular formula is C19H19BrClNO6S. The van der Waals surface area contributed by atoms with E-state index in [4.69, 9.17) is 16.3 Å². The lowest BCUT2D eigenvalue weighted by atomic mass is 10.1. The molecule has 156 valence electrons. The van der Waals surface area contributed by atoms with Gasteiger partial charge in [-0.2, -0.15) is 0 Å². The molecule has 1 fully saturated rings. The van der Waals surface area contributed by atoms with E-state index in [0.717, 1.165) is 12.8 Å². The molecule has 3 N–H and O–H groups in total. The minimum absolute atomic E-state index is 0.0425. The molecule has 0 bridgehead atoms. The summed E-state index contributed by atoms with van der Waals surface area (Å²) in [6.45, 7) is 0.928. The summed E-state index contributed by atoms with van der Waals surface area (Å²) in [5, 5.41) is 23.2. The maximum Gasteiger partial charge on any atom is 0.255 e. The van der Waals surface area contributed by atoms with Gasteiger partial charge in [0.25, 0.3) is 5.91 Å². The lowest BCUT2D eigenvalue weighted by Gasteiger charge is -2.14. The molecule has 29 heavy (non-hydrogen) atoms. The minimum atomic E-state index is -4.02. The van der Waals surface area contributed by atoms with Crippen molar-refractivity contribution in [3.05, 3.63) is 51.0 Å². The van der Waals surface area contributed by atoms with Gasteiger partial charge in [0.05, 0.1) is 17.4 Å². The number of amides is 1. The molecule has 3 rings (SSSR count). The Balaban J connectivity index is 1.86. The number of benzene rings is 2. The standard InChI is InChI=1S/C19H19BrClNO6S/c20-12-3-4-16(23)17(7-12)29(26,27)10-11-6-13(21)8-15(18(11)24)19(25)22-9-14-2-1-5-28-14/h3-4,6-8,14,23-24H,1-2,5,9-10H2,(H,22,25)/t14-/m0/s1. The Morgan fingerprint density at radius 1 is 1.28 bits per heavy atom. The van der Waals surface area contributed by atoms with Gasteiger partial charge in [-0.05, 0) is 43.2 Å². The molecule has 0 radical (unpaired) electrons. The lowest BCUT2D eigenvalue weighted by Crippen LogP contribution is -2.31. The van der Waals surface area contributed by atoms with Crippen molar-refractivity contribution in [1.82, 2.24) is 5.32 Å². The SMILES string of the molecule is O=C(NC[C@@H]1CCCO1)c1cc(Cl)cc(CS(=O)(=O)c2cc(Br)ccc2O)c1O. The number of phenolic OH excluding ortho intramolecular Hbond substituents is 2. The third-order valence-corrected chi connectivity index (χ3v) is 6.91. The van der Waals surface area contributed by atoms with Crippen LogP contribution in [0.2, 0.25) is 5.02 Å². The number of halogens is 2. The predicted octanol–water partition coefficient (Wildman–Crippen LogP) is 3.40. The van der Waals surface area contributed by atoms with Gasteiger partial charge in [0, 0.05) is 28.2 Å². The van der Waals surface area contributed by atoms with Crippen LogP contribution in [0.5, 0.6) is 11.5 Å². The van der Waals surface area contributed by atoms with E-state index in [2.05, 4.69) is 21.2 Å². The number of sulfone groups is 1. The Bertz CT molecular complexity index is 1040. The molecule has 0 spiro atoms. The minimum Gasteiger partial charge on any atom is -0.507 e. The number of aromatic hydroxyl groups is 2. The van der Waals surface area contributed by atoms with Crippen LogP contribution >= 0.6 is 27.5 Å². The second kappa shape index (κ2) is 8.91. The highest BCUT2D eigenvalue weighted by molar-refractivity contribution is 9.10. The highest BCUT2D eigenvalue weighted by Gasteiger charge is 2.25. The number of carbonyl (C=O) groups excluding carboxylic acids is 1. The third kappa shape index (κ3) is 5.22. The van der Waals surface area contributed by atoms with Crippen molar-refractivity contribution < 1.29 is 28.2 Å². The summed E-state index contributed by atoms with van der Waals surface area (Å²) in [6.07, 6.45) is 1.68. The van der Waals surface area contributed by atoms with Crippen LogP contribution in [0, 0.1) is 0 Å². The fourth-order valence-corrected chi connectivity index (χ4v) is 5.30. The molecule has 2 aromatic rings. The first-order chi connectivity index (χ1) is 13.7. The van der Waals surface area contributed by atoms with Crippen LogP contribution in [0.1, 0.15) is 28.8 Å². The van der Waals surface area contributed by atoms with Gasteiger partial charge in [-0.25, -0.2) is 8.42 Å². The van der Waals surface area contributed by atoms with Crippen LogP contribution in [0.3, 0.4) is 0 Å². The first kappa shape index (κ1) is 21.9. The topological polar surface area (TPSA) is 113 Å². The maximum absolute atomic E-state index is 12.8. The lowest BCUT2D eigenvalue weighted by molar-refractivity contribution is 0.0855. The molecule has 10 heteroatoms. The zero-order valence-corrected chi connectivity index (χ0v) is 18.3. The van der Waals surface area contributed by atoms with E-state index in [0.29, 0.717) is 11.1 Å². The molecule has 1 atom stereocenters. The normalized spacial score (nSPS) is 16.7. The maximum atomic E-state index is 12.8. The molecule has 1 aliphatic rings. The Hall–Kier alpha value is -1.81. The highest BCUT2D eigenvalue weighted by Crippen LogP contribution is 2.33. The van der Waals surface area contributed by atoms with Crippen molar-refractivity contribution in [3.63, 3.8) is 0 Å². The molecule has 1 heterocycles. The van der Waals surface area contributed by atoms with Gasteiger partial charge >= 0.3 is 0 Å². The van der Waals surface area contributed by atoms with Crippen LogP contribution in [0.15, 0.2) is 39.7 Å². The molecule has 0 saturated carbocycles. The van der Waals surface area contributed by atoms with Crippen LogP contribution < -0.4 is 5.32 Å². The van der Waals surface area contributed by atoms with Gasteiger partial charge in [0.1, 0.15) is 16.4 Å². The van der Waals surface area contributed by atoms with E-state index in [9.17, 15) is 23.4 Å². The first-order valence-electron chi connectivity index (χ1n) is 8.80. The van der Waals surface area contributed by atoms with E-state index in [1.54, 1.807) is 0 Å². The van der Waals surface area contributed by atoms with Crippen molar-refractivity contribution in [3.8, 4) is 11.5 Å². The number of phenols is 2. The molecule has 7 nitrogen and oxygen atoms in total. The molecular weight excluding hydrogens is 486 g/mol. The molecule has 0 aliphatic carbocycles. The second-order valence-electron chi connectivity index (χ2n) is 6.68. The Morgan fingerprint density at radius 2 is 2.03 bits per heavy atom. The van der Waals surface area contributed by atoms with Gasteiger partial charge < -0.3 is 20.3 Å². The number of rotatable bonds is 6. The van der Waals surface area contributed by atoms with Gasteiger partial charge in [-0.3, -0.25) is 4.79 Å². The molecule has 1 amide bonds. The number of nitrogens with one attached hydrogen (secondary N) is 1. The highest BCUT2D eigenvalue weighted by atomic mass is 79.9. The van der Waals surface area contributed by atoms with Crippen LogP contribution in [0.4, 0.5) is 0 Å². The van der Waals surface area contributed by atoms with Crippen LogP contribution in [-0.2, 0) is 20.3 Å². The van der Waals surface area contributed by atoms with Crippen LogP contribution in [-0.4, -0.2) is 43.8 Å². The van der Waals surface area contributed by atoms with Crippen LogP contribution in [0.25, 0.3) is 0 Å². The number of ether oxygens (including phenoxy) is 1. The molecule has 1 saturated heterocycles. The Labute approximate surface area is 181 Å². The van der Waals surface area contributed by atoms with Crippen molar-refractivity contribution in [2.45, 2.75) is 29.6 Å². The van der Waals surface area contributed by atoms with E-state index in [-0.39, 0.29) is 33.7 Å². The zero-order valence-electron chi connectivity index (χ0n) is 15.2. The van der Waals surface area contributed by atoms with E-state index < -0.39 is 33.0 Å². The Kier molecular flexibility index (Phi) is 6.72. The number of hydrogen-bond acceptors (Lipinski definition) is 6. The second-order valence-corrected chi connectivity index (χ2v) is 9.99. The first-order valence-corrected chi connectivity index (χ1v) is 11.6. The van der Waals surface area contributed by atoms with E-state index in [1.165, 1.54) is 30.3 Å². The van der Waals surface area contributed by atoms with Crippen molar-refractivity contribution in [1.29, 1.82) is 0 Å². The summed E-state index contributed by atoms with van der Waals surface area (Å²) in [5.74, 6) is -2.11. The molecule has 0 aromatic heterocycles. The predicted molar refractivity (Wildman–Crippen MR) is 111 cm³/mol. The molecule has 0 unspecified atom stereocenters. The van der Waals surface area contributed by atoms with Gasteiger partial charge in [0.2, 0.25) is 0 Å². The summed E-state index contributed by atoms with van der Waals surface area (Å²) in [5.41, 5.74) is -0.168. The molecule has 1 aliphatic heterocycles. The summed E-state index contributed by atoms with van der Waals surface area (Å²) in [6, 6.07) is 6.57. The van der Waals surface area contributed by atoms with E-state index >= 15 is 0 Å². The average molecular weight is 505 g/mol. The summed E-state index contributed by atoms with van der Waals surface area (Å²) < 4.78 is 31.4. The average Bonchev–Trinajstić information content (AvgIpc) is 3.17. The molecule has 2 aromatic carbocycles. The zero-order chi connectivity index (χ0) is 21.2. The number of carbonyl (C=O) groups is 1. The monoisotopic (exact) mass is 503 g/mol. The number of hydrogen-bond donors (Lipinski definition) is 3. The summed E-state index contributed by atoms with van der Waals surface area (Å²) in [7, 11) is -4.02. The fraction of sp³-hybridized carbons (Fsp3) is 0.316. The summed E-state index contributed by atoms with van der Waals surface area (Å²) >= 11 is 9.22. The van der Waals surface area contributed by atoms with Gasteiger partial charge in [-0.15, -0.1) is 0 Å². The van der Waals surface area contributed by atoms with E-state index in [1.807, 2.05) is 0 Å². The largest absolute Gasteiger partial charge is 0.507 e. The van der Waals surface area contributed by atoms with Gasteiger partial charge in [-0.1, -0.05) is 27.5 Å². The Morgan fingerprint density at radius 3 is 2.72 bits per heavy atom. The summed E-state index contributed by atoms with van der Waals surface area (Å²) in [4.78, 5) is 12.2. The fourth-order valence-electron chi connectivity index (χ4n) is 3.07. The third-order valence-electron chi connectivity index (χ3n) is 4.51. The van der Waals surface area contributed by atoms with Crippen molar-refractivity contribution in [2.75, 3.05) is 13.2 Å².